The number of benzene rings is 1. The summed E-state index contributed by atoms with van der Waals surface area (Å²) in [6, 6.07) is 5.50. The minimum Gasteiger partial charge on any atom is -0.299 e. The van der Waals surface area contributed by atoms with Crippen LogP contribution in [0.2, 0.25) is 0 Å². The monoisotopic (exact) mass is 240 g/mol. The van der Waals surface area contributed by atoms with Crippen molar-refractivity contribution < 1.29 is 18.0 Å². The summed E-state index contributed by atoms with van der Waals surface area (Å²) in [7, 11) is 0. The second-order valence-corrected chi connectivity index (χ2v) is 4.02. The van der Waals surface area contributed by atoms with Crippen molar-refractivity contribution in [2.24, 2.45) is 0 Å². The molecule has 0 unspecified atom stereocenters. The molecule has 0 fully saturated rings. The number of carbonyl (C=O) groups excluding carboxylic acids is 1. The van der Waals surface area contributed by atoms with Gasteiger partial charge in [0.05, 0.1) is 5.56 Å². The van der Waals surface area contributed by atoms with E-state index in [0.29, 0.717) is 18.4 Å². The van der Waals surface area contributed by atoms with Crippen LogP contribution in [0.5, 0.6) is 0 Å². The Bertz CT molecular complexity index is 472. The van der Waals surface area contributed by atoms with Crippen LogP contribution >= 0.6 is 0 Å². The second kappa shape index (κ2) is 4.35. The number of carbonyl (C=O) groups is 1. The summed E-state index contributed by atoms with van der Waals surface area (Å²) in [6.45, 7) is 0. The van der Waals surface area contributed by atoms with E-state index >= 15 is 0 Å². The third-order valence-corrected chi connectivity index (χ3v) is 2.83. The van der Waals surface area contributed by atoms with E-state index in [-0.39, 0.29) is 17.8 Å². The van der Waals surface area contributed by atoms with Crippen molar-refractivity contribution in [3.63, 3.8) is 0 Å². The molecule has 0 spiro atoms. The minimum absolute atomic E-state index is 0.0817. The van der Waals surface area contributed by atoms with E-state index in [1.54, 1.807) is 12.1 Å². The van der Waals surface area contributed by atoms with Crippen LogP contribution in [-0.4, -0.2) is 5.78 Å². The van der Waals surface area contributed by atoms with Gasteiger partial charge in [0, 0.05) is 12.8 Å². The van der Waals surface area contributed by atoms with Crippen LogP contribution in [0.4, 0.5) is 13.2 Å². The first kappa shape index (κ1) is 11.9. The molecular weight excluding hydrogens is 229 g/mol. The maximum absolute atomic E-state index is 12.8. The first-order chi connectivity index (χ1) is 7.98. The van der Waals surface area contributed by atoms with Gasteiger partial charge in [0.1, 0.15) is 5.78 Å². The van der Waals surface area contributed by atoms with Gasteiger partial charge in [0.15, 0.2) is 0 Å². The summed E-state index contributed by atoms with van der Waals surface area (Å²) in [5, 5.41) is 0. The number of allylic oxidation sites excluding steroid dienone is 2. The molecule has 1 aliphatic rings. The standard InChI is InChI=1S/C13H11F3O/c14-13(15,16)12-4-2-1-3-11(12)9-5-7-10(17)8-6-9/h1-5H,6-8H2. The molecule has 4 heteroatoms. The highest BCUT2D eigenvalue weighted by atomic mass is 19.4. The van der Waals surface area contributed by atoms with Crippen LogP contribution in [-0.2, 0) is 11.0 Å². The van der Waals surface area contributed by atoms with Crippen molar-refractivity contribution in [1.29, 1.82) is 0 Å². The molecule has 90 valence electrons. The molecular formula is C13H11F3O. The van der Waals surface area contributed by atoms with Crippen molar-refractivity contribution >= 4 is 11.4 Å². The molecule has 1 nitrogen and oxygen atoms in total. The van der Waals surface area contributed by atoms with Gasteiger partial charge >= 0.3 is 6.18 Å². The Morgan fingerprint density at radius 2 is 1.76 bits per heavy atom. The zero-order valence-electron chi connectivity index (χ0n) is 9.05. The normalized spacial score (nSPS) is 16.9. The molecule has 0 heterocycles. The zero-order valence-corrected chi connectivity index (χ0v) is 9.05. The number of rotatable bonds is 1. The van der Waals surface area contributed by atoms with Gasteiger partial charge in [0.25, 0.3) is 0 Å². The van der Waals surface area contributed by atoms with E-state index in [0.717, 1.165) is 6.07 Å². The Morgan fingerprint density at radius 3 is 2.35 bits per heavy atom. The molecule has 0 saturated carbocycles. The van der Waals surface area contributed by atoms with E-state index in [2.05, 4.69) is 0 Å². The molecule has 1 aromatic rings. The van der Waals surface area contributed by atoms with E-state index in [1.807, 2.05) is 0 Å². The third-order valence-electron chi connectivity index (χ3n) is 2.83. The molecule has 0 atom stereocenters. The number of alkyl halides is 3. The number of hydrogen-bond acceptors (Lipinski definition) is 1. The fraction of sp³-hybridized carbons (Fsp3) is 0.308. The SMILES string of the molecule is O=C1CC=C(c2ccccc2C(F)(F)F)CC1. The van der Waals surface area contributed by atoms with Crippen molar-refractivity contribution in [1.82, 2.24) is 0 Å². The topological polar surface area (TPSA) is 17.1 Å². The van der Waals surface area contributed by atoms with Gasteiger partial charge in [-0.15, -0.1) is 0 Å². The smallest absolute Gasteiger partial charge is 0.299 e. The van der Waals surface area contributed by atoms with Crippen molar-refractivity contribution in [2.75, 3.05) is 0 Å². The number of ketones is 1. The summed E-state index contributed by atoms with van der Waals surface area (Å²) in [5.41, 5.74) is 0.200. The molecule has 1 aliphatic carbocycles. The van der Waals surface area contributed by atoms with Crippen LogP contribution in [0.25, 0.3) is 5.57 Å². The van der Waals surface area contributed by atoms with Gasteiger partial charge in [-0.05, 0) is 23.6 Å². The van der Waals surface area contributed by atoms with E-state index in [4.69, 9.17) is 0 Å². The lowest BCUT2D eigenvalue weighted by atomic mass is 9.90. The molecule has 2 rings (SSSR count). The highest BCUT2D eigenvalue weighted by Gasteiger charge is 2.33. The van der Waals surface area contributed by atoms with Gasteiger partial charge in [-0.1, -0.05) is 24.3 Å². The van der Waals surface area contributed by atoms with Gasteiger partial charge < -0.3 is 0 Å². The molecule has 0 radical (unpaired) electrons. The Balaban J connectivity index is 2.42. The lowest BCUT2D eigenvalue weighted by Gasteiger charge is -2.17. The molecule has 1 aromatic carbocycles. The Labute approximate surface area is 96.9 Å². The third kappa shape index (κ3) is 2.57. The summed E-state index contributed by atoms with van der Waals surface area (Å²) in [6.07, 6.45) is -1.78. The highest BCUT2D eigenvalue weighted by molar-refractivity contribution is 5.87. The van der Waals surface area contributed by atoms with Crippen LogP contribution in [0.3, 0.4) is 0 Å². The van der Waals surface area contributed by atoms with Crippen LogP contribution in [0.1, 0.15) is 30.4 Å². The predicted octanol–water partition coefficient (Wildman–Crippen LogP) is 3.84. The second-order valence-electron chi connectivity index (χ2n) is 4.02. The molecule has 0 bridgehead atoms. The van der Waals surface area contributed by atoms with Crippen molar-refractivity contribution in [2.45, 2.75) is 25.4 Å². The summed E-state index contributed by atoms with van der Waals surface area (Å²) < 4.78 is 38.4. The van der Waals surface area contributed by atoms with Crippen LogP contribution in [0.15, 0.2) is 30.3 Å². The Morgan fingerprint density at radius 1 is 1.06 bits per heavy atom. The van der Waals surface area contributed by atoms with Crippen LogP contribution < -0.4 is 0 Å². The molecule has 0 aromatic heterocycles. The molecule has 17 heavy (non-hydrogen) atoms. The van der Waals surface area contributed by atoms with Crippen molar-refractivity contribution in [3.05, 3.63) is 41.5 Å². The maximum Gasteiger partial charge on any atom is 0.416 e. The number of Topliss-reactive ketones (excluding diaryl/α,β-unsaturated/α-hetero) is 1. The minimum atomic E-state index is -4.35. The maximum atomic E-state index is 12.8. The Hall–Kier alpha value is -1.58. The van der Waals surface area contributed by atoms with Gasteiger partial charge in [-0.2, -0.15) is 13.2 Å². The van der Waals surface area contributed by atoms with Crippen molar-refractivity contribution in [3.8, 4) is 0 Å². The highest BCUT2D eigenvalue weighted by Crippen LogP contribution is 2.37. The molecule has 0 aliphatic heterocycles. The quantitative estimate of drug-likeness (QED) is 0.728. The zero-order chi connectivity index (χ0) is 12.5. The van der Waals surface area contributed by atoms with Gasteiger partial charge in [0.2, 0.25) is 0 Å². The molecule has 0 saturated heterocycles. The summed E-state index contributed by atoms with van der Waals surface area (Å²) in [5.74, 6) is 0.0817. The molecule has 0 N–H and O–H groups in total. The van der Waals surface area contributed by atoms with Gasteiger partial charge in [-0.3, -0.25) is 4.79 Å². The van der Waals surface area contributed by atoms with E-state index < -0.39 is 11.7 Å². The van der Waals surface area contributed by atoms with Crippen LogP contribution in [0, 0.1) is 0 Å². The van der Waals surface area contributed by atoms with Gasteiger partial charge in [-0.25, -0.2) is 0 Å². The van der Waals surface area contributed by atoms with E-state index in [1.165, 1.54) is 12.1 Å². The lowest BCUT2D eigenvalue weighted by molar-refractivity contribution is -0.137. The van der Waals surface area contributed by atoms with E-state index in [9.17, 15) is 18.0 Å². The largest absolute Gasteiger partial charge is 0.416 e. The predicted molar refractivity (Wildman–Crippen MR) is 58.3 cm³/mol. The fourth-order valence-corrected chi connectivity index (χ4v) is 1.97. The summed E-state index contributed by atoms with van der Waals surface area (Å²) >= 11 is 0. The lowest BCUT2D eigenvalue weighted by Crippen LogP contribution is -2.10. The Kier molecular flexibility index (Phi) is 3.05. The average Bonchev–Trinajstić information content (AvgIpc) is 2.29. The number of halogens is 3. The first-order valence-corrected chi connectivity index (χ1v) is 5.36. The average molecular weight is 240 g/mol. The molecule has 0 amide bonds. The summed E-state index contributed by atoms with van der Waals surface area (Å²) in [4.78, 5) is 11.1. The first-order valence-electron chi connectivity index (χ1n) is 5.36. The fourth-order valence-electron chi connectivity index (χ4n) is 1.97. The number of hydrogen-bond donors (Lipinski definition) is 0.